The lowest BCUT2D eigenvalue weighted by molar-refractivity contribution is -0.140. The van der Waals surface area contributed by atoms with Crippen LogP contribution in [0, 0.1) is 0 Å². The number of Topliss-reactive ketones (excluding diaryl/α,β-unsaturated/α-hetero) is 1. The summed E-state index contributed by atoms with van der Waals surface area (Å²) in [6, 6.07) is 25.5. The van der Waals surface area contributed by atoms with Gasteiger partial charge in [-0.15, -0.1) is 0 Å². The highest BCUT2D eigenvalue weighted by Gasteiger charge is 2.46. The zero-order chi connectivity index (χ0) is 25.5. The van der Waals surface area contributed by atoms with E-state index in [2.05, 4.69) is 18.7 Å². The summed E-state index contributed by atoms with van der Waals surface area (Å²) in [5.41, 5.74) is 2.36. The fourth-order valence-corrected chi connectivity index (χ4v) is 4.51. The van der Waals surface area contributed by atoms with Gasteiger partial charge in [-0.05, 0) is 36.3 Å². The van der Waals surface area contributed by atoms with Crippen LogP contribution in [0.2, 0.25) is 0 Å². The number of aliphatic hydroxyl groups excluding tert-OH is 1. The number of likely N-dealkylation sites (N-methyl/N-ethyl adjacent to an activating group) is 1. The summed E-state index contributed by atoms with van der Waals surface area (Å²) in [5.74, 6) is -0.804. The molecule has 1 unspecified atom stereocenters. The number of nitrogens with zero attached hydrogens (tertiary/aromatic N) is 2. The zero-order valence-electron chi connectivity index (χ0n) is 20.8. The normalized spacial score (nSPS) is 17.1. The monoisotopic (exact) mass is 484 g/mol. The van der Waals surface area contributed by atoms with Gasteiger partial charge in [0.05, 0.1) is 11.6 Å². The number of carbonyl (C=O) groups is 2. The maximum Gasteiger partial charge on any atom is 0.295 e. The van der Waals surface area contributed by atoms with Crippen molar-refractivity contribution in [2.24, 2.45) is 0 Å². The number of likely N-dealkylation sites (tertiary alicyclic amines) is 1. The lowest BCUT2D eigenvalue weighted by Crippen LogP contribution is -2.38. The van der Waals surface area contributed by atoms with Gasteiger partial charge in [0.1, 0.15) is 18.1 Å². The van der Waals surface area contributed by atoms with E-state index in [4.69, 9.17) is 4.74 Å². The van der Waals surface area contributed by atoms with Gasteiger partial charge in [0.2, 0.25) is 0 Å². The molecule has 6 nitrogen and oxygen atoms in total. The lowest BCUT2D eigenvalue weighted by atomic mass is 9.95. The van der Waals surface area contributed by atoms with E-state index in [1.165, 1.54) is 0 Å². The van der Waals surface area contributed by atoms with E-state index in [0.717, 1.165) is 24.2 Å². The average Bonchev–Trinajstić information content (AvgIpc) is 3.18. The third-order valence-electron chi connectivity index (χ3n) is 6.56. The molecule has 186 valence electrons. The number of hydrogen-bond acceptors (Lipinski definition) is 5. The molecule has 0 spiro atoms. The Labute approximate surface area is 212 Å². The first-order valence-corrected chi connectivity index (χ1v) is 12.4. The number of ether oxygens (including phenoxy) is 1. The fourth-order valence-electron chi connectivity index (χ4n) is 4.51. The van der Waals surface area contributed by atoms with Crippen LogP contribution in [0.5, 0.6) is 5.75 Å². The van der Waals surface area contributed by atoms with E-state index in [-0.39, 0.29) is 11.3 Å². The van der Waals surface area contributed by atoms with Crippen LogP contribution in [-0.2, 0) is 16.2 Å². The van der Waals surface area contributed by atoms with E-state index in [0.29, 0.717) is 31.0 Å². The van der Waals surface area contributed by atoms with Crippen LogP contribution in [0.15, 0.2) is 90.5 Å². The van der Waals surface area contributed by atoms with Crippen LogP contribution in [0.4, 0.5) is 0 Å². The minimum absolute atomic E-state index is 0.103. The predicted molar refractivity (Wildman–Crippen MR) is 140 cm³/mol. The topological polar surface area (TPSA) is 70.1 Å². The summed E-state index contributed by atoms with van der Waals surface area (Å²) in [6.07, 6.45) is 0. The Morgan fingerprint density at radius 2 is 1.58 bits per heavy atom. The highest BCUT2D eigenvalue weighted by molar-refractivity contribution is 6.46. The smallest absolute Gasteiger partial charge is 0.295 e. The number of benzene rings is 3. The van der Waals surface area contributed by atoms with Gasteiger partial charge in [-0.25, -0.2) is 0 Å². The van der Waals surface area contributed by atoms with Gasteiger partial charge < -0.3 is 19.6 Å². The summed E-state index contributed by atoms with van der Waals surface area (Å²) in [7, 11) is 0. The Balaban J connectivity index is 1.71. The Morgan fingerprint density at radius 1 is 0.917 bits per heavy atom. The van der Waals surface area contributed by atoms with Crippen LogP contribution >= 0.6 is 0 Å². The van der Waals surface area contributed by atoms with E-state index in [1.54, 1.807) is 29.2 Å². The summed E-state index contributed by atoms with van der Waals surface area (Å²) in [4.78, 5) is 30.2. The molecule has 1 atom stereocenters. The molecule has 1 heterocycles. The van der Waals surface area contributed by atoms with Crippen molar-refractivity contribution < 1.29 is 19.4 Å². The number of aliphatic hydroxyl groups is 1. The molecule has 0 radical (unpaired) electrons. The van der Waals surface area contributed by atoms with Crippen LogP contribution in [0.25, 0.3) is 5.76 Å². The van der Waals surface area contributed by atoms with Crippen molar-refractivity contribution in [2.75, 3.05) is 26.2 Å². The molecule has 1 aliphatic rings. The molecule has 1 fully saturated rings. The van der Waals surface area contributed by atoms with Crippen molar-refractivity contribution in [1.82, 2.24) is 9.80 Å². The van der Waals surface area contributed by atoms with E-state index in [1.807, 2.05) is 60.7 Å². The molecule has 0 bridgehead atoms. The number of rotatable bonds is 10. The fraction of sp³-hybridized carbons (Fsp3) is 0.267. The molecule has 3 aromatic carbocycles. The van der Waals surface area contributed by atoms with Crippen molar-refractivity contribution in [3.8, 4) is 5.75 Å². The van der Waals surface area contributed by atoms with Crippen molar-refractivity contribution in [3.63, 3.8) is 0 Å². The van der Waals surface area contributed by atoms with Gasteiger partial charge in [0, 0.05) is 18.7 Å². The number of ketones is 1. The van der Waals surface area contributed by atoms with Gasteiger partial charge in [-0.2, -0.15) is 0 Å². The molecule has 0 aromatic heterocycles. The molecular weight excluding hydrogens is 452 g/mol. The second-order valence-electron chi connectivity index (χ2n) is 8.73. The standard InChI is InChI=1S/C30H32N2O4/c1-3-31(4-2)18-19-32-27(26(29(34)30(32)35)28(33)23-14-9-6-10-15-23)24-16-11-17-25(20-24)36-21-22-12-7-5-8-13-22/h5-17,20,27,33H,3-4,18-19,21H2,1-2H3. The molecular formula is C30H32N2O4. The average molecular weight is 485 g/mol. The summed E-state index contributed by atoms with van der Waals surface area (Å²) in [5, 5.41) is 11.2. The largest absolute Gasteiger partial charge is 0.507 e. The minimum atomic E-state index is -0.707. The molecule has 0 aliphatic carbocycles. The maximum atomic E-state index is 13.2. The van der Waals surface area contributed by atoms with Crippen molar-refractivity contribution in [3.05, 3.63) is 107 Å². The summed E-state index contributed by atoms with van der Waals surface area (Å²) >= 11 is 0. The molecule has 1 aliphatic heterocycles. The Morgan fingerprint density at radius 3 is 2.25 bits per heavy atom. The summed E-state index contributed by atoms with van der Waals surface area (Å²) in [6.45, 7) is 7.23. The van der Waals surface area contributed by atoms with Crippen LogP contribution in [0.3, 0.4) is 0 Å². The molecule has 3 aromatic rings. The Bertz CT molecular complexity index is 1220. The first-order valence-electron chi connectivity index (χ1n) is 12.4. The second kappa shape index (κ2) is 11.7. The van der Waals surface area contributed by atoms with Crippen molar-refractivity contribution in [1.29, 1.82) is 0 Å². The van der Waals surface area contributed by atoms with Gasteiger partial charge in [-0.1, -0.05) is 86.6 Å². The Hall–Kier alpha value is -3.90. The van der Waals surface area contributed by atoms with Gasteiger partial charge in [-0.3, -0.25) is 9.59 Å². The van der Waals surface area contributed by atoms with Crippen LogP contribution < -0.4 is 4.74 Å². The Kier molecular flexibility index (Phi) is 8.18. The molecule has 1 N–H and O–H groups in total. The van der Waals surface area contributed by atoms with Gasteiger partial charge >= 0.3 is 0 Å². The predicted octanol–water partition coefficient (Wildman–Crippen LogP) is 5.03. The van der Waals surface area contributed by atoms with Crippen molar-refractivity contribution in [2.45, 2.75) is 26.5 Å². The van der Waals surface area contributed by atoms with Gasteiger partial charge in [0.15, 0.2) is 0 Å². The molecule has 1 saturated heterocycles. The minimum Gasteiger partial charge on any atom is -0.507 e. The van der Waals surface area contributed by atoms with E-state index >= 15 is 0 Å². The van der Waals surface area contributed by atoms with Crippen LogP contribution in [-0.4, -0.2) is 52.8 Å². The van der Waals surface area contributed by atoms with E-state index < -0.39 is 17.7 Å². The van der Waals surface area contributed by atoms with E-state index in [9.17, 15) is 14.7 Å². The highest BCUT2D eigenvalue weighted by Crippen LogP contribution is 2.40. The van der Waals surface area contributed by atoms with Crippen LogP contribution in [0.1, 0.15) is 36.6 Å². The number of hydrogen-bond donors (Lipinski definition) is 1. The SMILES string of the molecule is CCN(CC)CCN1C(=O)C(=O)C(=C(O)c2ccccc2)C1c1cccc(OCc2ccccc2)c1. The molecule has 6 heteroatoms. The third-order valence-corrected chi connectivity index (χ3v) is 6.56. The molecule has 0 saturated carbocycles. The molecule has 1 amide bonds. The highest BCUT2D eigenvalue weighted by atomic mass is 16.5. The first kappa shape index (κ1) is 25.2. The number of carbonyl (C=O) groups excluding carboxylic acids is 2. The second-order valence-corrected chi connectivity index (χ2v) is 8.73. The lowest BCUT2D eigenvalue weighted by Gasteiger charge is -2.28. The molecule has 4 rings (SSSR count). The maximum absolute atomic E-state index is 13.2. The number of amides is 1. The van der Waals surface area contributed by atoms with Crippen molar-refractivity contribution >= 4 is 17.4 Å². The first-order chi connectivity index (χ1) is 17.5. The zero-order valence-corrected chi connectivity index (χ0v) is 20.8. The quantitative estimate of drug-likeness (QED) is 0.248. The summed E-state index contributed by atoms with van der Waals surface area (Å²) < 4.78 is 6.02. The third kappa shape index (κ3) is 5.50. The molecule has 36 heavy (non-hydrogen) atoms. The van der Waals surface area contributed by atoms with Gasteiger partial charge in [0.25, 0.3) is 11.7 Å².